The number of alkyl halides is 5. The van der Waals surface area contributed by atoms with E-state index < -0.39 is 23.8 Å². The Labute approximate surface area is 98.5 Å². The molecule has 0 aliphatic rings. The number of benzene rings is 1. The predicted molar refractivity (Wildman–Crippen MR) is 52.4 cm³/mol. The minimum absolute atomic E-state index is 0.0450. The van der Waals surface area contributed by atoms with Crippen molar-refractivity contribution in [1.82, 2.24) is 0 Å². The molecule has 1 rings (SSSR count). The summed E-state index contributed by atoms with van der Waals surface area (Å²) in [5, 5.41) is 2.12. The molecule has 0 unspecified atom stereocenters. The van der Waals surface area contributed by atoms with E-state index in [2.05, 4.69) is 10.1 Å². The molecule has 3 nitrogen and oxygen atoms in total. The van der Waals surface area contributed by atoms with Crippen LogP contribution in [0.5, 0.6) is 0 Å². The summed E-state index contributed by atoms with van der Waals surface area (Å²) in [6, 6.07) is 3.01. The van der Waals surface area contributed by atoms with Crippen molar-refractivity contribution in [3.8, 4) is 0 Å². The van der Waals surface area contributed by atoms with Gasteiger partial charge in [0, 0.05) is 11.3 Å². The Bertz CT molecular complexity index is 427. The number of halogens is 5. The average molecular weight is 269 g/mol. The van der Waals surface area contributed by atoms with Crippen molar-refractivity contribution in [2.24, 2.45) is 0 Å². The number of carbonyl (C=O) groups excluding carboxylic acids is 1. The smallest absolute Gasteiger partial charge is 0.453 e. The van der Waals surface area contributed by atoms with Crippen LogP contribution in [0.25, 0.3) is 0 Å². The largest absolute Gasteiger partial charge is 0.458 e. The molecule has 0 aliphatic heterocycles. The molecule has 0 aliphatic carbocycles. The maximum atomic E-state index is 12.9. The first-order valence-corrected chi connectivity index (χ1v) is 4.58. The standard InChI is InChI=1S/C10H8F5NO2/c1-18-8(17)16-7-4-2-6(3-5-7)9(11,12)10(13,14)15/h2-5H,1H3,(H,16,17). The lowest BCUT2D eigenvalue weighted by Crippen LogP contribution is -2.33. The fraction of sp³-hybridized carbons (Fsp3) is 0.300. The van der Waals surface area contributed by atoms with Crippen LogP contribution in [0.3, 0.4) is 0 Å². The fourth-order valence-electron chi connectivity index (χ4n) is 1.10. The van der Waals surface area contributed by atoms with Gasteiger partial charge < -0.3 is 4.74 Å². The zero-order chi connectivity index (χ0) is 14.0. The Morgan fingerprint density at radius 1 is 1.11 bits per heavy atom. The summed E-state index contributed by atoms with van der Waals surface area (Å²) in [5.74, 6) is -4.93. The number of amides is 1. The van der Waals surface area contributed by atoms with Crippen LogP contribution in [-0.2, 0) is 10.7 Å². The number of anilines is 1. The topological polar surface area (TPSA) is 38.3 Å². The van der Waals surface area contributed by atoms with E-state index in [1.54, 1.807) is 0 Å². The van der Waals surface area contributed by atoms with Crippen molar-refractivity contribution in [1.29, 1.82) is 0 Å². The molecule has 1 N–H and O–H groups in total. The summed E-state index contributed by atoms with van der Waals surface area (Å²) in [5.41, 5.74) is -1.16. The second-order valence-electron chi connectivity index (χ2n) is 3.27. The van der Waals surface area contributed by atoms with E-state index in [1.165, 1.54) is 0 Å². The van der Waals surface area contributed by atoms with Crippen LogP contribution in [0.15, 0.2) is 24.3 Å². The first-order chi connectivity index (χ1) is 8.18. The third-order valence-electron chi connectivity index (χ3n) is 2.04. The van der Waals surface area contributed by atoms with Crippen molar-refractivity contribution in [2.75, 3.05) is 12.4 Å². The lowest BCUT2D eigenvalue weighted by atomic mass is 10.1. The molecule has 0 radical (unpaired) electrons. The second kappa shape index (κ2) is 4.79. The summed E-state index contributed by atoms with van der Waals surface area (Å²) in [6.45, 7) is 0. The molecule has 18 heavy (non-hydrogen) atoms. The Balaban J connectivity index is 2.93. The number of nitrogens with one attached hydrogen (secondary N) is 1. The SMILES string of the molecule is COC(=O)Nc1ccc(C(F)(F)C(F)(F)F)cc1. The number of carbonyl (C=O) groups is 1. The van der Waals surface area contributed by atoms with E-state index in [-0.39, 0.29) is 5.69 Å². The molecule has 0 spiro atoms. The molecule has 0 saturated heterocycles. The quantitative estimate of drug-likeness (QED) is 0.834. The van der Waals surface area contributed by atoms with Crippen LogP contribution in [0.4, 0.5) is 32.4 Å². The van der Waals surface area contributed by atoms with Gasteiger partial charge in [0.25, 0.3) is 0 Å². The summed E-state index contributed by atoms with van der Waals surface area (Å²) in [6.07, 6.45) is -6.52. The lowest BCUT2D eigenvalue weighted by molar-refractivity contribution is -0.289. The highest BCUT2D eigenvalue weighted by Gasteiger charge is 2.58. The highest BCUT2D eigenvalue weighted by Crippen LogP contribution is 2.43. The minimum Gasteiger partial charge on any atom is -0.453 e. The van der Waals surface area contributed by atoms with E-state index in [0.717, 1.165) is 19.2 Å². The predicted octanol–water partition coefficient (Wildman–Crippen LogP) is 3.52. The number of ether oxygens (including phenoxy) is 1. The zero-order valence-corrected chi connectivity index (χ0v) is 9.02. The molecule has 0 aromatic heterocycles. The molecular weight excluding hydrogens is 261 g/mol. The molecule has 0 atom stereocenters. The molecule has 0 fully saturated rings. The normalized spacial score (nSPS) is 12.1. The molecule has 8 heteroatoms. The number of hydrogen-bond acceptors (Lipinski definition) is 2. The molecule has 0 saturated carbocycles. The Morgan fingerprint density at radius 3 is 2.00 bits per heavy atom. The molecule has 1 aromatic rings. The molecule has 100 valence electrons. The van der Waals surface area contributed by atoms with Gasteiger partial charge in [-0.05, 0) is 12.1 Å². The van der Waals surface area contributed by atoms with E-state index in [4.69, 9.17) is 0 Å². The second-order valence-corrected chi connectivity index (χ2v) is 3.27. The van der Waals surface area contributed by atoms with Gasteiger partial charge in [-0.15, -0.1) is 0 Å². The van der Waals surface area contributed by atoms with Crippen LogP contribution < -0.4 is 5.32 Å². The number of hydrogen-bond donors (Lipinski definition) is 1. The van der Waals surface area contributed by atoms with Gasteiger partial charge in [-0.1, -0.05) is 12.1 Å². The Hall–Kier alpha value is -1.86. The van der Waals surface area contributed by atoms with E-state index in [9.17, 15) is 26.7 Å². The van der Waals surface area contributed by atoms with Gasteiger partial charge in [0.05, 0.1) is 7.11 Å². The maximum Gasteiger partial charge on any atom is 0.458 e. The molecular formula is C10H8F5NO2. The zero-order valence-electron chi connectivity index (χ0n) is 9.02. The molecule has 0 heterocycles. The van der Waals surface area contributed by atoms with Crippen LogP contribution >= 0.6 is 0 Å². The highest BCUT2D eigenvalue weighted by atomic mass is 19.4. The van der Waals surface area contributed by atoms with Crippen molar-refractivity contribution >= 4 is 11.8 Å². The van der Waals surface area contributed by atoms with Crippen molar-refractivity contribution < 1.29 is 31.5 Å². The van der Waals surface area contributed by atoms with Crippen LogP contribution in [0.1, 0.15) is 5.56 Å². The highest BCUT2D eigenvalue weighted by molar-refractivity contribution is 5.84. The minimum atomic E-state index is -5.66. The average Bonchev–Trinajstić information content (AvgIpc) is 2.28. The van der Waals surface area contributed by atoms with E-state index in [1.807, 2.05) is 0 Å². The monoisotopic (exact) mass is 269 g/mol. The van der Waals surface area contributed by atoms with Gasteiger partial charge in [-0.25, -0.2) is 4.79 Å². The molecule has 1 aromatic carbocycles. The molecule has 1 amide bonds. The third-order valence-corrected chi connectivity index (χ3v) is 2.04. The van der Waals surface area contributed by atoms with Crippen molar-refractivity contribution in [3.05, 3.63) is 29.8 Å². The Kier molecular flexibility index (Phi) is 3.78. The fourth-order valence-corrected chi connectivity index (χ4v) is 1.10. The maximum absolute atomic E-state index is 12.9. The number of methoxy groups -OCH3 is 1. The van der Waals surface area contributed by atoms with Gasteiger partial charge in [0.2, 0.25) is 0 Å². The summed E-state index contributed by atoms with van der Waals surface area (Å²) in [4.78, 5) is 10.8. The summed E-state index contributed by atoms with van der Waals surface area (Å²) < 4.78 is 66.1. The van der Waals surface area contributed by atoms with Gasteiger partial charge in [0.15, 0.2) is 0 Å². The molecule has 0 bridgehead atoms. The van der Waals surface area contributed by atoms with Crippen molar-refractivity contribution in [3.63, 3.8) is 0 Å². The van der Waals surface area contributed by atoms with Gasteiger partial charge in [-0.2, -0.15) is 22.0 Å². The van der Waals surface area contributed by atoms with Gasteiger partial charge in [-0.3, -0.25) is 5.32 Å². The van der Waals surface area contributed by atoms with Crippen molar-refractivity contribution in [2.45, 2.75) is 12.1 Å². The van der Waals surface area contributed by atoms with E-state index in [0.29, 0.717) is 12.1 Å². The summed E-state index contributed by atoms with van der Waals surface area (Å²) in [7, 11) is 1.08. The third kappa shape index (κ3) is 2.88. The Morgan fingerprint density at radius 2 is 1.61 bits per heavy atom. The lowest BCUT2D eigenvalue weighted by Gasteiger charge is -2.19. The first-order valence-electron chi connectivity index (χ1n) is 4.58. The number of rotatable bonds is 2. The summed E-state index contributed by atoms with van der Waals surface area (Å²) >= 11 is 0. The van der Waals surface area contributed by atoms with Crippen LogP contribution in [-0.4, -0.2) is 19.4 Å². The van der Waals surface area contributed by atoms with Gasteiger partial charge in [0.1, 0.15) is 0 Å². The first kappa shape index (κ1) is 14.2. The van der Waals surface area contributed by atoms with Crippen LogP contribution in [0.2, 0.25) is 0 Å². The van der Waals surface area contributed by atoms with Gasteiger partial charge >= 0.3 is 18.2 Å². The van der Waals surface area contributed by atoms with Crippen LogP contribution in [0, 0.1) is 0 Å². The van der Waals surface area contributed by atoms with E-state index >= 15 is 0 Å².